The van der Waals surface area contributed by atoms with E-state index in [0.717, 1.165) is 30.6 Å². The normalized spacial score (nSPS) is 17.0. The van der Waals surface area contributed by atoms with E-state index >= 15 is 0 Å². The fourth-order valence-electron chi connectivity index (χ4n) is 2.89. The van der Waals surface area contributed by atoms with Gasteiger partial charge in [0.05, 0.1) is 11.0 Å². The summed E-state index contributed by atoms with van der Waals surface area (Å²) >= 11 is 0. The lowest BCUT2D eigenvalue weighted by atomic mass is 9.87. The third-order valence-electron chi connectivity index (χ3n) is 3.88. The predicted molar refractivity (Wildman–Crippen MR) is 83.3 cm³/mol. The highest BCUT2D eigenvalue weighted by Crippen LogP contribution is 2.34. The van der Waals surface area contributed by atoms with Gasteiger partial charge in [-0.2, -0.15) is 0 Å². The number of benzene rings is 2. The summed E-state index contributed by atoms with van der Waals surface area (Å²) in [5, 5.41) is 14.3. The van der Waals surface area contributed by atoms with Crippen LogP contribution in [0.3, 0.4) is 0 Å². The quantitative estimate of drug-likeness (QED) is 0.511. The van der Waals surface area contributed by atoms with Crippen LogP contribution in [0.1, 0.15) is 30.0 Å². The van der Waals surface area contributed by atoms with E-state index in [1.165, 1.54) is 17.2 Å². The standard InChI is InChI=1S/C16H17N3O2/c17-12-7-8-15-11(9-12)3-1-6-16(15)18-13-4-2-5-14(10-13)19(20)21/h2,4-5,7-10,16,18H,1,3,6,17H2. The lowest BCUT2D eigenvalue weighted by Crippen LogP contribution is -2.17. The molecule has 2 aromatic carbocycles. The second-order valence-electron chi connectivity index (χ2n) is 5.35. The number of hydrogen-bond acceptors (Lipinski definition) is 4. The summed E-state index contributed by atoms with van der Waals surface area (Å²) in [5.41, 5.74) is 10.0. The van der Waals surface area contributed by atoms with E-state index in [4.69, 9.17) is 5.73 Å². The summed E-state index contributed by atoms with van der Waals surface area (Å²) in [6, 6.07) is 12.8. The molecule has 0 saturated heterocycles. The Kier molecular flexibility index (Phi) is 3.48. The molecule has 0 saturated carbocycles. The zero-order valence-corrected chi connectivity index (χ0v) is 11.6. The van der Waals surface area contributed by atoms with Crippen molar-refractivity contribution in [3.05, 3.63) is 63.7 Å². The third-order valence-corrected chi connectivity index (χ3v) is 3.88. The van der Waals surface area contributed by atoms with E-state index in [1.54, 1.807) is 12.1 Å². The maximum Gasteiger partial charge on any atom is 0.271 e. The second-order valence-corrected chi connectivity index (χ2v) is 5.35. The zero-order chi connectivity index (χ0) is 14.8. The Morgan fingerprint density at radius 3 is 2.90 bits per heavy atom. The molecule has 1 atom stereocenters. The summed E-state index contributed by atoms with van der Waals surface area (Å²) in [4.78, 5) is 10.5. The van der Waals surface area contributed by atoms with Gasteiger partial charge in [0.25, 0.3) is 5.69 Å². The number of nitro groups is 1. The molecular formula is C16H17N3O2. The van der Waals surface area contributed by atoms with Crippen molar-refractivity contribution in [2.24, 2.45) is 0 Å². The number of nitrogens with one attached hydrogen (secondary N) is 1. The van der Waals surface area contributed by atoms with E-state index in [9.17, 15) is 10.1 Å². The highest BCUT2D eigenvalue weighted by molar-refractivity contribution is 5.54. The molecule has 3 N–H and O–H groups in total. The van der Waals surface area contributed by atoms with Gasteiger partial charge in [0.2, 0.25) is 0 Å². The van der Waals surface area contributed by atoms with Crippen LogP contribution in [0.5, 0.6) is 0 Å². The summed E-state index contributed by atoms with van der Waals surface area (Å²) in [7, 11) is 0. The summed E-state index contributed by atoms with van der Waals surface area (Å²) in [5.74, 6) is 0. The summed E-state index contributed by atoms with van der Waals surface area (Å²) in [6.07, 6.45) is 3.14. The first-order valence-electron chi connectivity index (χ1n) is 7.03. The number of rotatable bonds is 3. The number of aryl methyl sites for hydroxylation is 1. The fourth-order valence-corrected chi connectivity index (χ4v) is 2.89. The number of non-ortho nitro benzene ring substituents is 1. The SMILES string of the molecule is Nc1ccc2c(c1)CCCC2Nc1cccc([N+](=O)[O-])c1. The van der Waals surface area contributed by atoms with Gasteiger partial charge in [0, 0.05) is 23.5 Å². The third kappa shape index (κ3) is 2.81. The van der Waals surface area contributed by atoms with Gasteiger partial charge in [0.1, 0.15) is 0 Å². The van der Waals surface area contributed by atoms with Gasteiger partial charge in [-0.1, -0.05) is 12.1 Å². The van der Waals surface area contributed by atoms with E-state index < -0.39 is 0 Å². The molecule has 3 rings (SSSR count). The Bertz CT molecular complexity index is 685. The van der Waals surface area contributed by atoms with Crippen LogP contribution >= 0.6 is 0 Å². The minimum Gasteiger partial charge on any atom is -0.399 e. The van der Waals surface area contributed by atoms with Crippen LogP contribution in [-0.4, -0.2) is 4.92 Å². The molecule has 21 heavy (non-hydrogen) atoms. The lowest BCUT2D eigenvalue weighted by Gasteiger charge is -2.27. The van der Waals surface area contributed by atoms with Crippen LogP contribution in [-0.2, 0) is 6.42 Å². The van der Waals surface area contributed by atoms with Crippen molar-refractivity contribution in [1.29, 1.82) is 0 Å². The molecule has 0 aliphatic heterocycles. The van der Waals surface area contributed by atoms with E-state index in [1.807, 2.05) is 18.2 Å². The van der Waals surface area contributed by atoms with Crippen LogP contribution in [0.25, 0.3) is 0 Å². The van der Waals surface area contributed by atoms with E-state index in [-0.39, 0.29) is 16.7 Å². The van der Waals surface area contributed by atoms with Crippen molar-refractivity contribution in [3.63, 3.8) is 0 Å². The predicted octanol–water partition coefficient (Wildman–Crippen LogP) is 3.67. The number of nitrogen functional groups attached to an aromatic ring is 1. The maximum absolute atomic E-state index is 10.8. The number of hydrogen-bond donors (Lipinski definition) is 2. The molecule has 1 aliphatic rings. The molecule has 0 radical (unpaired) electrons. The average Bonchev–Trinajstić information content (AvgIpc) is 2.47. The van der Waals surface area contributed by atoms with Crippen molar-refractivity contribution >= 4 is 17.1 Å². The van der Waals surface area contributed by atoms with Gasteiger partial charge in [-0.15, -0.1) is 0 Å². The molecular weight excluding hydrogens is 266 g/mol. The minimum absolute atomic E-state index is 0.105. The molecule has 0 bridgehead atoms. The first-order valence-corrected chi connectivity index (χ1v) is 7.03. The van der Waals surface area contributed by atoms with Crippen molar-refractivity contribution in [3.8, 4) is 0 Å². The fraction of sp³-hybridized carbons (Fsp3) is 0.250. The van der Waals surface area contributed by atoms with Crippen molar-refractivity contribution in [1.82, 2.24) is 0 Å². The molecule has 1 aliphatic carbocycles. The van der Waals surface area contributed by atoms with Gasteiger partial charge in [-0.25, -0.2) is 0 Å². The first kappa shape index (κ1) is 13.4. The molecule has 5 heteroatoms. The largest absolute Gasteiger partial charge is 0.399 e. The van der Waals surface area contributed by atoms with Gasteiger partial charge < -0.3 is 11.1 Å². The Morgan fingerprint density at radius 1 is 1.24 bits per heavy atom. The molecule has 2 aromatic rings. The Balaban J connectivity index is 1.86. The Hall–Kier alpha value is -2.56. The highest BCUT2D eigenvalue weighted by Gasteiger charge is 2.20. The number of nitrogens with two attached hydrogens (primary N) is 1. The van der Waals surface area contributed by atoms with Gasteiger partial charge in [0.15, 0.2) is 0 Å². The number of nitro benzene ring substituents is 1. The number of anilines is 2. The van der Waals surface area contributed by atoms with Crippen LogP contribution in [0.15, 0.2) is 42.5 Å². The second kappa shape index (κ2) is 5.44. The number of fused-ring (bicyclic) bond motifs is 1. The van der Waals surface area contributed by atoms with Crippen LogP contribution < -0.4 is 11.1 Å². The Labute approximate surface area is 122 Å². The molecule has 5 nitrogen and oxygen atoms in total. The minimum atomic E-state index is -0.374. The topological polar surface area (TPSA) is 81.2 Å². The first-order chi connectivity index (χ1) is 10.1. The van der Waals surface area contributed by atoms with Crippen LogP contribution in [0.4, 0.5) is 17.1 Å². The van der Waals surface area contributed by atoms with E-state index in [2.05, 4.69) is 11.4 Å². The lowest BCUT2D eigenvalue weighted by molar-refractivity contribution is -0.384. The molecule has 108 valence electrons. The molecule has 1 unspecified atom stereocenters. The summed E-state index contributed by atoms with van der Waals surface area (Å²) < 4.78 is 0. The van der Waals surface area contributed by atoms with Crippen LogP contribution in [0, 0.1) is 10.1 Å². The van der Waals surface area contributed by atoms with Crippen molar-refractivity contribution < 1.29 is 4.92 Å². The van der Waals surface area contributed by atoms with E-state index in [0.29, 0.717) is 0 Å². The van der Waals surface area contributed by atoms with Gasteiger partial charge in [-0.3, -0.25) is 10.1 Å². The average molecular weight is 283 g/mol. The molecule has 0 amide bonds. The molecule has 0 heterocycles. The summed E-state index contributed by atoms with van der Waals surface area (Å²) in [6.45, 7) is 0. The monoisotopic (exact) mass is 283 g/mol. The number of nitrogens with zero attached hydrogens (tertiary/aromatic N) is 1. The van der Waals surface area contributed by atoms with Gasteiger partial charge in [-0.05, 0) is 48.6 Å². The van der Waals surface area contributed by atoms with Crippen molar-refractivity contribution in [2.45, 2.75) is 25.3 Å². The van der Waals surface area contributed by atoms with Gasteiger partial charge >= 0.3 is 0 Å². The zero-order valence-electron chi connectivity index (χ0n) is 11.6. The Morgan fingerprint density at radius 2 is 2.10 bits per heavy atom. The smallest absolute Gasteiger partial charge is 0.271 e. The molecule has 0 fully saturated rings. The molecule has 0 spiro atoms. The molecule has 0 aromatic heterocycles. The maximum atomic E-state index is 10.8. The van der Waals surface area contributed by atoms with Crippen LogP contribution in [0.2, 0.25) is 0 Å². The van der Waals surface area contributed by atoms with Crippen molar-refractivity contribution in [2.75, 3.05) is 11.1 Å². The highest BCUT2D eigenvalue weighted by atomic mass is 16.6.